The molecule has 4 rings (SSSR count). The summed E-state index contributed by atoms with van der Waals surface area (Å²) < 4.78 is 1.54. The van der Waals surface area contributed by atoms with Crippen molar-refractivity contribution in [3.8, 4) is 16.8 Å². The highest BCUT2D eigenvalue weighted by Gasteiger charge is 2.18. The second-order valence-electron chi connectivity index (χ2n) is 6.57. The fourth-order valence-electron chi connectivity index (χ4n) is 3.10. The number of H-pyrrole nitrogens is 1. The number of para-hydroxylation sites is 1. The molecule has 0 spiro atoms. The molecule has 3 heterocycles. The van der Waals surface area contributed by atoms with E-state index in [4.69, 9.17) is 17.3 Å². The molecule has 0 saturated carbocycles. The van der Waals surface area contributed by atoms with Crippen molar-refractivity contribution < 1.29 is 0 Å². The maximum absolute atomic E-state index is 13.1. The van der Waals surface area contributed by atoms with Gasteiger partial charge in [-0.05, 0) is 43.2 Å². The standard InChI is InChI=1S/C19H18ClN5OS/c1-24(2)8-12-7-11(10-27-12)13-9-25(15-6-4-3-5-14(15)20)19(26)16-17(13)22-23-18(16)21/h3-7,9-10H,8H2,1-2H3,(H3,21,22,23). The number of anilines is 1. The van der Waals surface area contributed by atoms with Gasteiger partial charge in [0, 0.05) is 23.2 Å². The van der Waals surface area contributed by atoms with Crippen LogP contribution in [0.5, 0.6) is 0 Å². The van der Waals surface area contributed by atoms with Crippen LogP contribution in [0.1, 0.15) is 4.88 Å². The molecule has 0 aliphatic carbocycles. The molecule has 8 heteroatoms. The van der Waals surface area contributed by atoms with Gasteiger partial charge in [0.25, 0.3) is 5.56 Å². The van der Waals surface area contributed by atoms with E-state index in [1.165, 1.54) is 9.44 Å². The van der Waals surface area contributed by atoms with Crippen molar-refractivity contribution in [3.63, 3.8) is 0 Å². The summed E-state index contributed by atoms with van der Waals surface area (Å²) in [6.07, 6.45) is 1.80. The number of halogens is 1. The Hall–Kier alpha value is -2.61. The third-order valence-electron chi connectivity index (χ3n) is 4.30. The lowest BCUT2D eigenvalue weighted by atomic mass is 10.1. The van der Waals surface area contributed by atoms with E-state index in [-0.39, 0.29) is 11.4 Å². The molecular formula is C19H18ClN5OS. The highest BCUT2D eigenvalue weighted by Crippen LogP contribution is 2.32. The first-order valence-corrected chi connectivity index (χ1v) is 9.58. The molecule has 0 atom stereocenters. The molecule has 0 bridgehead atoms. The number of nitrogens with two attached hydrogens (primary N) is 1. The predicted octanol–water partition coefficient (Wildman–Crippen LogP) is 3.74. The average Bonchev–Trinajstić information content (AvgIpc) is 3.23. The number of hydrogen-bond acceptors (Lipinski definition) is 5. The van der Waals surface area contributed by atoms with Crippen molar-refractivity contribution in [2.24, 2.45) is 0 Å². The van der Waals surface area contributed by atoms with Crippen LogP contribution in [0.15, 0.2) is 46.7 Å². The van der Waals surface area contributed by atoms with Gasteiger partial charge in [-0.15, -0.1) is 11.3 Å². The van der Waals surface area contributed by atoms with Gasteiger partial charge in [0.15, 0.2) is 5.82 Å². The molecular weight excluding hydrogens is 382 g/mol. The Kier molecular flexibility index (Phi) is 4.51. The average molecular weight is 400 g/mol. The Balaban J connectivity index is 1.98. The Labute approximate surface area is 164 Å². The van der Waals surface area contributed by atoms with E-state index in [0.717, 1.165) is 17.7 Å². The number of nitrogen functional groups attached to an aromatic ring is 1. The highest BCUT2D eigenvalue weighted by atomic mass is 35.5. The smallest absolute Gasteiger partial charge is 0.268 e. The highest BCUT2D eigenvalue weighted by molar-refractivity contribution is 7.10. The van der Waals surface area contributed by atoms with Gasteiger partial charge in [-0.3, -0.25) is 14.5 Å². The second kappa shape index (κ2) is 6.84. The molecule has 4 aromatic rings. The number of thiophene rings is 1. The molecule has 27 heavy (non-hydrogen) atoms. The second-order valence-corrected chi connectivity index (χ2v) is 7.97. The predicted molar refractivity (Wildman–Crippen MR) is 112 cm³/mol. The summed E-state index contributed by atoms with van der Waals surface area (Å²) in [5.74, 6) is 0.182. The zero-order chi connectivity index (χ0) is 19.1. The number of aromatic amines is 1. The molecule has 3 N–H and O–H groups in total. The minimum atomic E-state index is -0.253. The van der Waals surface area contributed by atoms with Crippen LogP contribution in [0.4, 0.5) is 5.82 Å². The Bertz CT molecular complexity index is 1190. The fourth-order valence-corrected chi connectivity index (χ4v) is 4.33. The lowest BCUT2D eigenvalue weighted by Gasteiger charge is -2.11. The summed E-state index contributed by atoms with van der Waals surface area (Å²) in [6, 6.07) is 9.36. The van der Waals surface area contributed by atoms with Crippen LogP contribution >= 0.6 is 22.9 Å². The van der Waals surface area contributed by atoms with E-state index >= 15 is 0 Å². The summed E-state index contributed by atoms with van der Waals surface area (Å²) in [4.78, 5) is 16.4. The number of benzene rings is 1. The first-order chi connectivity index (χ1) is 13.0. The van der Waals surface area contributed by atoms with E-state index in [1.807, 2.05) is 26.2 Å². The van der Waals surface area contributed by atoms with Crippen molar-refractivity contribution in [1.82, 2.24) is 19.7 Å². The number of hydrogen-bond donors (Lipinski definition) is 2. The van der Waals surface area contributed by atoms with Crippen LogP contribution in [-0.4, -0.2) is 33.8 Å². The number of fused-ring (bicyclic) bond motifs is 1. The van der Waals surface area contributed by atoms with Gasteiger partial charge >= 0.3 is 0 Å². The van der Waals surface area contributed by atoms with E-state index < -0.39 is 0 Å². The molecule has 0 aliphatic heterocycles. The molecule has 0 radical (unpaired) electrons. The molecule has 0 fully saturated rings. The molecule has 0 aliphatic rings. The summed E-state index contributed by atoms with van der Waals surface area (Å²) in [5, 5.41) is 9.90. The lowest BCUT2D eigenvalue weighted by molar-refractivity contribution is 0.406. The number of pyridine rings is 1. The molecule has 0 amide bonds. The van der Waals surface area contributed by atoms with E-state index in [9.17, 15) is 4.79 Å². The lowest BCUT2D eigenvalue weighted by Crippen LogP contribution is -2.19. The first kappa shape index (κ1) is 17.8. The van der Waals surface area contributed by atoms with Gasteiger partial charge in [0.2, 0.25) is 0 Å². The zero-order valence-electron chi connectivity index (χ0n) is 14.9. The number of rotatable bonds is 4. The molecule has 138 valence electrons. The minimum absolute atomic E-state index is 0.182. The van der Waals surface area contributed by atoms with Gasteiger partial charge in [-0.25, -0.2) is 0 Å². The SMILES string of the molecule is CN(C)Cc1cc(-c2cn(-c3ccccc3Cl)c(=O)c3c(N)n[nH]c23)cs1. The van der Waals surface area contributed by atoms with Crippen LogP contribution < -0.4 is 11.3 Å². The van der Waals surface area contributed by atoms with Crippen LogP contribution in [0, 0.1) is 0 Å². The number of nitrogens with zero attached hydrogens (tertiary/aromatic N) is 3. The van der Waals surface area contributed by atoms with E-state index in [1.54, 1.807) is 29.7 Å². The maximum Gasteiger partial charge on any atom is 0.268 e. The van der Waals surface area contributed by atoms with Crippen LogP contribution in [0.2, 0.25) is 5.02 Å². The largest absolute Gasteiger partial charge is 0.382 e. The molecule has 0 saturated heterocycles. The Morgan fingerprint density at radius 1 is 1.33 bits per heavy atom. The van der Waals surface area contributed by atoms with Crippen LogP contribution in [0.3, 0.4) is 0 Å². The van der Waals surface area contributed by atoms with Gasteiger partial charge in [0.05, 0.1) is 16.2 Å². The summed E-state index contributed by atoms with van der Waals surface area (Å²) in [7, 11) is 4.07. The zero-order valence-corrected chi connectivity index (χ0v) is 16.4. The Morgan fingerprint density at radius 3 is 2.85 bits per heavy atom. The van der Waals surface area contributed by atoms with Gasteiger partial charge < -0.3 is 10.6 Å². The van der Waals surface area contributed by atoms with Crippen LogP contribution in [-0.2, 0) is 6.54 Å². The summed E-state index contributed by atoms with van der Waals surface area (Å²) >= 11 is 8.01. The van der Waals surface area contributed by atoms with Gasteiger partial charge in [-0.2, -0.15) is 5.10 Å². The first-order valence-electron chi connectivity index (χ1n) is 8.32. The number of aromatic nitrogens is 3. The fraction of sp³-hybridized carbons (Fsp3) is 0.158. The summed E-state index contributed by atoms with van der Waals surface area (Å²) in [5.41, 5.74) is 8.84. The molecule has 6 nitrogen and oxygen atoms in total. The Morgan fingerprint density at radius 2 is 2.11 bits per heavy atom. The molecule has 1 aromatic carbocycles. The van der Waals surface area contributed by atoms with Gasteiger partial charge in [0.1, 0.15) is 5.39 Å². The number of nitrogens with one attached hydrogen (secondary N) is 1. The van der Waals surface area contributed by atoms with Crippen molar-refractivity contribution >= 4 is 39.7 Å². The van der Waals surface area contributed by atoms with E-state index in [0.29, 0.717) is 21.6 Å². The quantitative estimate of drug-likeness (QED) is 0.547. The van der Waals surface area contributed by atoms with Gasteiger partial charge in [-0.1, -0.05) is 23.7 Å². The van der Waals surface area contributed by atoms with Crippen molar-refractivity contribution in [3.05, 3.63) is 62.2 Å². The third kappa shape index (κ3) is 3.14. The topological polar surface area (TPSA) is 79.9 Å². The van der Waals surface area contributed by atoms with Crippen molar-refractivity contribution in [1.29, 1.82) is 0 Å². The maximum atomic E-state index is 13.1. The van der Waals surface area contributed by atoms with E-state index in [2.05, 4.69) is 26.5 Å². The molecule has 3 aromatic heterocycles. The van der Waals surface area contributed by atoms with Crippen LogP contribution in [0.25, 0.3) is 27.7 Å². The molecule has 0 unspecified atom stereocenters. The van der Waals surface area contributed by atoms with Crippen molar-refractivity contribution in [2.75, 3.05) is 19.8 Å². The summed E-state index contributed by atoms with van der Waals surface area (Å²) in [6.45, 7) is 0.850. The normalized spacial score (nSPS) is 11.6. The van der Waals surface area contributed by atoms with Crippen molar-refractivity contribution in [2.45, 2.75) is 6.54 Å². The monoisotopic (exact) mass is 399 g/mol. The third-order valence-corrected chi connectivity index (χ3v) is 5.54. The minimum Gasteiger partial charge on any atom is -0.382 e.